The standard InChI is InChI=1S/C13H18N2.C2H6/c1-9-11-7-6-10(13(2,3)4)8-12(11)14-15(9)5;1-2/h6-8H,1-5H3;1-2H3. The SMILES string of the molecule is CC.Cc1c2ccc(C(C)(C)C)cc2nn1C. The fourth-order valence-corrected chi connectivity index (χ4v) is 1.80. The van der Waals surface area contributed by atoms with E-state index in [-0.39, 0.29) is 5.41 Å². The summed E-state index contributed by atoms with van der Waals surface area (Å²) in [4.78, 5) is 0. The first-order valence-electron chi connectivity index (χ1n) is 6.33. The molecule has 2 rings (SSSR count). The smallest absolute Gasteiger partial charge is 0.0928 e. The second kappa shape index (κ2) is 4.91. The maximum absolute atomic E-state index is 4.50. The van der Waals surface area contributed by atoms with E-state index in [1.54, 1.807) is 0 Å². The molecule has 2 heteroatoms. The number of hydrogen-bond acceptors (Lipinski definition) is 1. The normalized spacial score (nSPS) is 11.2. The van der Waals surface area contributed by atoms with Gasteiger partial charge in [-0.05, 0) is 24.0 Å². The van der Waals surface area contributed by atoms with Gasteiger partial charge in [-0.1, -0.05) is 46.8 Å². The molecule has 17 heavy (non-hydrogen) atoms. The van der Waals surface area contributed by atoms with Gasteiger partial charge in [-0.25, -0.2) is 0 Å². The van der Waals surface area contributed by atoms with Gasteiger partial charge in [-0.2, -0.15) is 5.10 Å². The van der Waals surface area contributed by atoms with Crippen molar-refractivity contribution in [2.75, 3.05) is 0 Å². The number of rotatable bonds is 0. The fraction of sp³-hybridized carbons (Fsp3) is 0.533. The molecule has 0 atom stereocenters. The van der Waals surface area contributed by atoms with E-state index in [9.17, 15) is 0 Å². The molecular formula is C15H24N2. The lowest BCUT2D eigenvalue weighted by molar-refractivity contribution is 0.591. The first kappa shape index (κ1) is 13.8. The average molecular weight is 232 g/mol. The molecule has 0 aliphatic rings. The van der Waals surface area contributed by atoms with Crippen LogP contribution in [0.5, 0.6) is 0 Å². The highest BCUT2D eigenvalue weighted by atomic mass is 15.3. The Hall–Kier alpha value is -1.31. The maximum atomic E-state index is 4.50. The molecule has 2 aromatic rings. The third-order valence-electron chi connectivity index (χ3n) is 3.00. The number of hydrogen-bond donors (Lipinski definition) is 0. The quantitative estimate of drug-likeness (QED) is 0.665. The highest BCUT2D eigenvalue weighted by Crippen LogP contribution is 2.26. The lowest BCUT2D eigenvalue weighted by Gasteiger charge is -2.18. The van der Waals surface area contributed by atoms with Gasteiger partial charge in [-0.3, -0.25) is 4.68 Å². The van der Waals surface area contributed by atoms with Gasteiger partial charge in [0.2, 0.25) is 0 Å². The molecule has 94 valence electrons. The second-order valence-electron chi connectivity index (χ2n) is 5.19. The Balaban J connectivity index is 0.000000686. The summed E-state index contributed by atoms with van der Waals surface area (Å²) in [6.07, 6.45) is 0. The third kappa shape index (κ3) is 2.68. The maximum Gasteiger partial charge on any atom is 0.0928 e. The molecule has 2 nitrogen and oxygen atoms in total. The van der Waals surface area contributed by atoms with Crippen LogP contribution in [0.2, 0.25) is 0 Å². The van der Waals surface area contributed by atoms with E-state index in [0.717, 1.165) is 5.52 Å². The minimum absolute atomic E-state index is 0.194. The summed E-state index contributed by atoms with van der Waals surface area (Å²) in [7, 11) is 1.99. The summed E-state index contributed by atoms with van der Waals surface area (Å²) in [6.45, 7) is 12.8. The van der Waals surface area contributed by atoms with Crippen LogP contribution >= 0.6 is 0 Å². The van der Waals surface area contributed by atoms with Crippen molar-refractivity contribution in [3.05, 3.63) is 29.5 Å². The lowest BCUT2D eigenvalue weighted by atomic mass is 9.86. The lowest BCUT2D eigenvalue weighted by Crippen LogP contribution is -2.10. The van der Waals surface area contributed by atoms with E-state index < -0.39 is 0 Å². The van der Waals surface area contributed by atoms with Crippen molar-refractivity contribution >= 4 is 10.9 Å². The van der Waals surface area contributed by atoms with Gasteiger partial charge in [0.15, 0.2) is 0 Å². The molecule has 0 saturated carbocycles. The van der Waals surface area contributed by atoms with Crippen molar-refractivity contribution in [2.45, 2.75) is 47.0 Å². The van der Waals surface area contributed by atoms with E-state index in [2.05, 4.69) is 51.0 Å². The van der Waals surface area contributed by atoms with Crippen LogP contribution in [0.4, 0.5) is 0 Å². The van der Waals surface area contributed by atoms with E-state index in [0.29, 0.717) is 0 Å². The van der Waals surface area contributed by atoms with Crippen LogP contribution in [-0.4, -0.2) is 9.78 Å². The molecular weight excluding hydrogens is 208 g/mol. The Morgan fingerprint density at radius 2 is 1.71 bits per heavy atom. The Morgan fingerprint density at radius 1 is 1.12 bits per heavy atom. The first-order valence-corrected chi connectivity index (χ1v) is 6.33. The predicted molar refractivity (Wildman–Crippen MR) is 75.5 cm³/mol. The Kier molecular flexibility index (Phi) is 3.97. The molecule has 1 heterocycles. The molecule has 1 aromatic carbocycles. The zero-order valence-corrected chi connectivity index (χ0v) is 12.1. The minimum atomic E-state index is 0.194. The van der Waals surface area contributed by atoms with E-state index >= 15 is 0 Å². The average Bonchev–Trinajstić information content (AvgIpc) is 2.56. The summed E-state index contributed by atoms with van der Waals surface area (Å²) in [6, 6.07) is 6.58. The van der Waals surface area contributed by atoms with Crippen molar-refractivity contribution in [1.82, 2.24) is 9.78 Å². The predicted octanol–water partition coefficient (Wildman–Crippen LogP) is 4.21. The zero-order valence-electron chi connectivity index (χ0n) is 12.1. The highest BCUT2D eigenvalue weighted by molar-refractivity contribution is 5.82. The van der Waals surface area contributed by atoms with Gasteiger partial charge in [0.1, 0.15) is 0 Å². The third-order valence-corrected chi connectivity index (χ3v) is 3.00. The van der Waals surface area contributed by atoms with Crippen LogP contribution in [0.3, 0.4) is 0 Å². The molecule has 0 fully saturated rings. The van der Waals surface area contributed by atoms with Crippen LogP contribution in [0.25, 0.3) is 10.9 Å². The molecule has 1 aromatic heterocycles. The molecule has 0 spiro atoms. The van der Waals surface area contributed by atoms with E-state index in [1.165, 1.54) is 16.6 Å². The summed E-state index contributed by atoms with van der Waals surface area (Å²) in [5, 5.41) is 5.76. The van der Waals surface area contributed by atoms with Gasteiger partial charge in [-0.15, -0.1) is 0 Å². The zero-order chi connectivity index (χ0) is 13.2. The van der Waals surface area contributed by atoms with Crippen molar-refractivity contribution in [2.24, 2.45) is 7.05 Å². The summed E-state index contributed by atoms with van der Waals surface area (Å²) >= 11 is 0. The molecule has 0 N–H and O–H groups in total. The molecule has 0 aliphatic heterocycles. The monoisotopic (exact) mass is 232 g/mol. The first-order chi connectivity index (χ1) is 7.89. The molecule has 0 amide bonds. The van der Waals surface area contributed by atoms with E-state index in [4.69, 9.17) is 0 Å². The number of aryl methyl sites for hydroxylation is 2. The molecule has 0 unspecified atom stereocenters. The summed E-state index contributed by atoms with van der Waals surface area (Å²) in [5.74, 6) is 0. The fourth-order valence-electron chi connectivity index (χ4n) is 1.80. The van der Waals surface area contributed by atoms with Crippen LogP contribution < -0.4 is 0 Å². The molecule has 0 bridgehead atoms. The molecule has 0 radical (unpaired) electrons. The van der Waals surface area contributed by atoms with Crippen molar-refractivity contribution in [3.63, 3.8) is 0 Å². The van der Waals surface area contributed by atoms with Gasteiger partial charge < -0.3 is 0 Å². The van der Waals surface area contributed by atoms with Gasteiger partial charge in [0, 0.05) is 18.1 Å². The van der Waals surface area contributed by atoms with Gasteiger partial charge in [0.25, 0.3) is 0 Å². The van der Waals surface area contributed by atoms with E-state index in [1.807, 2.05) is 25.6 Å². The highest BCUT2D eigenvalue weighted by Gasteiger charge is 2.15. The summed E-state index contributed by atoms with van der Waals surface area (Å²) < 4.78 is 1.94. The Labute approximate surface area is 105 Å². The van der Waals surface area contributed by atoms with Crippen LogP contribution in [0.1, 0.15) is 45.9 Å². The van der Waals surface area contributed by atoms with Gasteiger partial charge in [0.05, 0.1) is 5.52 Å². The van der Waals surface area contributed by atoms with Crippen LogP contribution in [0.15, 0.2) is 18.2 Å². The molecule has 0 saturated heterocycles. The largest absolute Gasteiger partial charge is 0.272 e. The van der Waals surface area contributed by atoms with Crippen LogP contribution in [-0.2, 0) is 12.5 Å². The topological polar surface area (TPSA) is 17.8 Å². The number of benzene rings is 1. The number of aromatic nitrogens is 2. The Bertz CT molecular complexity index is 501. The second-order valence-corrected chi connectivity index (χ2v) is 5.19. The van der Waals surface area contributed by atoms with Crippen molar-refractivity contribution in [1.29, 1.82) is 0 Å². The summed E-state index contributed by atoms with van der Waals surface area (Å²) in [5.41, 5.74) is 3.86. The minimum Gasteiger partial charge on any atom is -0.272 e. The van der Waals surface area contributed by atoms with Crippen molar-refractivity contribution < 1.29 is 0 Å². The van der Waals surface area contributed by atoms with Gasteiger partial charge >= 0.3 is 0 Å². The van der Waals surface area contributed by atoms with Crippen LogP contribution in [0, 0.1) is 6.92 Å². The Morgan fingerprint density at radius 3 is 2.24 bits per heavy atom. The number of nitrogens with zero attached hydrogens (tertiary/aromatic N) is 2. The van der Waals surface area contributed by atoms with Crippen molar-refractivity contribution in [3.8, 4) is 0 Å². The number of fused-ring (bicyclic) bond motifs is 1. The molecule has 0 aliphatic carbocycles.